The molecule has 1 saturated carbocycles. The summed E-state index contributed by atoms with van der Waals surface area (Å²) < 4.78 is 5.40. The molecule has 2 rings (SSSR count). The summed E-state index contributed by atoms with van der Waals surface area (Å²) in [6, 6.07) is 5.68. The lowest BCUT2D eigenvalue weighted by Gasteiger charge is -2.20. The fourth-order valence-corrected chi connectivity index (χ4v) is 2.55. The van der Waals surface area contributed by atoms with Crippen LogP contribution in [-0.2, 0) is 6.54 Å². The van der Waals surface area contributed by atoms with Crippen LogP contribution in [0.2, 0.25) is 0 Å². The van der Waals surface area contributed by atoms with Crippen molar-refractivity contribution in [1.82, 2.24) is 5.32 Å². The van der Waals surface area contributed by atoms with Crippen LogP contribution in [-0.4, -0.2) is 18.3 Å². The van der Waals surface area contributed by atoms with Crippen molar-refractivity contribution in [3.63, 3.8) is 0 Å². The van der Waals surface area contributed by atoms with Gasteiger partial charge in [-0.05, 0) is 37.2 Å². The number of ether oxygens (including phenoxy) is 1. The third-order valence-electron chi connectivity index (χ3n) is 4.29. The van der Waals surface area contributed by atoms with Crippen LogP contribution in [0.15, 0.2) is 18.2 Å². The molecule has 1 aliphatic carbocycles. The monoisotopic (exact) mass is 263 g/mol. The Morgan fingerprint density at radius 3 is 2.68 bits per heavy atom. The SMILES string of the molecule is CCOc1cccc(CNCC2(C(C)C)CC2)c1O. The number of para-hydroxylation sites is 1. The lowest BCUT2D eigenvalue weighted by Crippen LogP contribution is -2.27. The Morgan fingerprint density at radius 2 is 2.11 bits per heavy atom. The van der Waals surface area contributed by atoms with Crippen molar-refractivity contribution in [3.05, 3.63) is 23.8 Å². The highest BCUT2D eigenvalue weighted by Crippen LogP contribution is 2.51. The first-order chi connectivity index (χ1) is 9.09. The zero-order chi connectivity index (χ0) is 13.9. The van der Waals surface area contributed by atoms with E-state index < -0.39 is 0 Å². The maximum absolute atomic E-state index is 10.1. The van der Waals surface area contributed by atoms with Gasteiger partial charge in [0, 0.05) is 18.7 Å². The Bertz CT molecular complexity index is 425. The van der Waals surface area contributed by atoms with Gasteiger partial charge in [0.05, 0.1) is 6.61 Å². The zero-order valence-electron chi connectivity index (χ0n) is 12.2. The zero-order valence-corrected chi connectivity index (χ0v) is 12.2. The van der Waals surface area contributed by atoms with Gasteiger partial charge < -0.3 is 15.2 Å². The van der Waals surface area contributed by atoms with E-state index in [9.17, 15) is 5.11 Å². The van der Waals surface area contributed by atoms with Crippen LogP contribution in [0.1, 0.15) is 39.2 Å². The van der Waals surface area contributed by atoms with E-state index >= 15 is 0 Å². The Kier molecular flexibility index (Phi) is 4.35. The van der Waals surface area contributed by atoms with Crippen molar-refractivity contribution in [2.75, 3.05) is 13.2 Å². The maximum atomic E-state index is 10.1. The minimum atomic E-state index is 0.270. The molecule has 0 spiro atoms. The lowest BCUT2D eigenvalue weighted by molar-refractivity contribution is 0.314. The maximum Gasteiger partial charge on any atom is 0.162 e. The molecule has 0 saturated heterocycles. The largest absolute Gasteiger partial charge is 0.504 e. The van der Waals surface area contributed by atoms with E-state index in [1.165, 1.54) is 12.8 Å². The molecule has 3 heteroatoms. The minimum Gasteiger partial charge on any atom is -0.504 e. The van der Waals surface area contributed by atoms with E-state index in [1.807, 2.05) is 19.1 Å². The molecule has 19 heavy (non-hydrogen) atoms. The van der Waals surface area contributed by atoms with Crippen molar-refractivity contribution in [2.24, 2.45) is 11.3 Å². The molecule has 0 amide bonds. The summed E-state index contributed by atoms with van der Waals surface area (Å²) in [7, 11) is 0. The Morgan fingerprint density at radius 1 is 1.37 bits per heavy atom. The highest BCUT2D eigenvalue weighted by molar-refractivity contribution is 5.45. The molecule has 1 fully saturated rings. The van der Waals surface area contributed by atoms with Crippen LogP contribution in [0.5, 0.6) is 11.5 Å². The predicted octanol–water partition coefficient (Wildman–Crippen LogP) is 3.32. The average Bonchev–Trinajstić information content (AvgIpc) is 3.15. The van der Waals surface area contributed by atoms with E-state index in [4.69, 9.17) is 4.74 Å². The number of phenols is 1. The Hall–Kier alpha value is -1.22. The van der Waals surface area contributed by atoms with Crippen LogP contribution in [0.4, 0.5) is 0 Å². The van der Waals surface area contributed by atoms with Crippen LogP contribution in [0.25, 0.3) is 0 Å². The topological polar surface area (TPSA) is 41.5 Å². The number of benzene rings is 1. The highest BCUT2D eigenvalue weighted by Gasteiger charge is 2.44. The summed E-state index contributed by atoms with van der Waals surface area (Å²) >= 11 is 0. The quantitative estimate of drug-likeness (QED) is 0.793. The second kappa shape index (κ2) is 5.83. The van der Waals surface area contributed by atoms with E-state index in [0.717, 1.165) is 18.0 Å². The van der Waals surface area contributed by atoms with Gasteiger partial charge in [-0.2, -0.15) is 0 Å². The van der Waals surface area contributed by atoms with Crippen molar-refractivity contribution in [3.8, 4) is 11.5 Å². The summed E-state index contributed by atoms with van der Waals surface area (Å²) in [5.74, 6) is 1.57. The van der Waals surface area contributed by atoms with E-state index in [1.54, 1.807) is 6.07 Å². The van der Waals surface area contributed by atoms with E-state index in [-0.39, 0.29) is 5.75 Å². The van der Waals surface area contributed by atoms with Crippen molar-refractivity contribution < 1.29 is 9.84 Å². The van der Waals surface area contributed by atoms with Crippen LogP contribution in [0, 0.1) is 11.3 Å². The second-order valence-corrected chi connectivity index (χ2v) is 5.82. The molecule has 0 radical (unpaired) electrons. The molecule has 0 bridgehead atoms. The molecular weight excluding hydrogens is 238 g/mol. The summed E-state index contributed by atoms with van der Waals surface area (Å²) in [4.78, 5) is 0. The third kappa shape index (κ3) is 3.21. The molecule has 1 aromatic carbocycles. The first kappa shape index (κ1) is 14.2. The molecule has 0 unspecified atom stereocenters. The number of hydrogen-bond donors (Lipinski definition) is 2. The molecule has 0 atom stereocenters. The number of hydrogen-bond acceptors (Lipinski definition) is 3. The molecule has 0 aromatic heterocycles. The first-order valence-corrected chi connectivity index (χ1v) is 7.23. The van der Waals surface area contributed by atoms with Crippen LogP contribution in [0.3, 0.4) is 0 Å². The average molecular weight is 263 g/mol. The molecule has 1 aromatic rings. The van der Waals surface area contributed by atoms with Crippen molar-refractivity contribution in [1.29, 1.82) is 0 Å². The third-order valence-corrected chi connectivity index (χ3v) is 4.29. The van der Waals surface area contributed by atoms with Crippen LogP contribution >= 0.6 is 0 Å². The number of aromatic hydroxyl groups is 1. The van der Waals surface area contributed by atoms with Crippen molar-refractivity contribution in [2.45, 2.75) is 40.2 Å². The van der Waals surface area contributed by atoms with Gasteiger partial charge in [0.15, 0.2) is 11.5 Å². The fraction of sp³-hybridized carbons (Fsp3) is 0.625. The first-order valence-electron chi connectivity index (χ1n) is 7.23. The standard InChI is InChI=1S/C16H25NO2/c1-4-19-14-7-5-6-13(15(14)18)10-17-11-16(8-9-16)12(2)3/h5-7,12,17-18H,4,8-11H2,1-3H3. The Balaban J connectivity index is 1.91. The summed E-state index contributed by atoms with van der Waals surface area (Å²) in [6.07, 6.45) is 2.64. The van der Waals surface area contributed by atoms with Gasteiger partial charge in [-0.25, -0.2) is 0 Å². The highest BCUT2D eigenvalue weighted by atomic mass is 16.5. The lowest BCUT2D eigenvalue weighted by atomic mass is 9.92. The van der Waals surface area contributed by atoms with Crippen LogP contribution < -0.4 is 10.1 Å². The molecular formula is C16H25NO2. The summed E-state index contributed by atoms with van der Waals surface area (Å²) in [5, 5.41) is 13.6. The molecule has 3 nitrogen and oxygen atoms in total. The van der Waals surface area contributed by atoms with E-state index in [2.05, 4.69) is 19.2 Å². The van der Waals surface area contributed by atoms with Crippen molar-refractivity contribution >= 4 is 0 Å². The number of rotatable bonds is 7. The summed E-state index contributed by atoms with van der Waals surface area (Å²) in [6.45, 7) is 8.80. The van der Waals surface area contributed by atoms with Gasteiger partial charge in [0.25, 0.3) is 0 Å². The smallest absolute Gasteiger partial charge is 0.162 e. The fourth-order valence-electron chi connectivity index (χ4n) is 2.55. The molecule has 1 aliphatic rings. The van der Waals surface area contributed by atoms with Gasteiger partial charge in [-0.15, -0.1) is 0 Å². The second-order valence-electron chi connectivity index (χ2n) is 5.82. The van der Waals surface area contributed by atoms with E-state index in [0.29, 0.717) is 24.3 Å². The Labute approximate surface area is 116 Å². The molecule has 2 N–H and O–H groups in total. The number of nitrogens with one attached hydrogen (secondary N) is 1. The molecule has 0 aliphatic heterocycles. The van der Waals surface area contributed by atoms with Gasteiger partial charge in [-0.3, -0.25) is 0 Å². The number of phenolic OH excluding ortho intramolecular Hbond substituents is 1. The molecule has 106 valence electrons. The normalized spacial score (nSPS) is 16.6. The molecule has 0 heterocycles. The van der Waals surface area contributed by atoms with Gasteiger partial charge in [0.2, 0.25) is 0 Å². The van der Waals surface area contributed by atoms with Gasteiger partial charge in [0.1, 0.15) is 0 Å². The summed E-state index contributed by atoms with van der Waals surface area (Å²) in [5.41, 5.74) is 1.40. The van der Waals surface area contributed by atoms with Gasteiger partial charge >= 0.3 is 0 Å². The predicted molar refractivity (Wildman–Crippen MR) is 77.5 cm³/mol. The minimum absolute atomic E-state index is 0.270. The van der Waals surface area contributed by atoms with Gasteiger partial charge in [-0.1, -0.05) is 26.0 Å².